The van der Waals surface area contributed by atoms with Crippen LogP contribution in [0.4, 0.5) is 0 Å². The summed E-state index contributed by atoms with van der Waals surface area (Å²) in [5.41, 5.74) is 1.53. The third-order valence-corrected chi connectivity index (χ3v) is 3.51. The summed E-state index contributed by atoms with van der Waals surface area (Å²) in [6, 6.07) is 7.17. The van der Waals surface area contributed by atoms with Crippen LogP contribution in [0.25, 0.3) is 0 Å². The topological polar surface area (TPSA) is 22.1 Å². The van der Waals surface area contributed by atoms with Crippen molar-refractivity contribution < 1.29 is 4.74 Å². The molecule has 0 unspecified atom stereocenters. The van der Waals surface area contributed by atoms with Crippen LogP contribution < -0.4 is 4.74 Å². The van der Waals surface area contributed by atoms with E-state index in [9.17, 15) is 0 Å². The molecule has 2 rings (SSSR count). The first-order valence-electron chi connectivity index (χ1n) is 6.26. The van der Waals surface area contributed by atoms with Crippen LogP contribution in [0.15, 0.2) is 36.7 Å². The molecule has 0 spiro atoms. The molecule has 5 heteroatoms. The molecule has 0 aliphatic rings. The molecule has 0 N–H and O–H groups in total. The molecule has 0 bridgehead atoms. The van der Waals surface area contributed by atoms with Crippen molar-refractivity contribution in [2.24, 2.45) is 0 Å². The molecule has 0 saturated carbocycles. The number of alkyl halides is 1. The van der Waals surface area contributed by atoms with Crippen LogP contribution in [-0.2, 0) is 6.61 Å². The van der Waals surface area contributed by atoms with E-state index in [1.165, 1.54) is 0 Å². The molecule has 0 aliphatic heterocycles. The van der Waals surface area contributed by atoms with Crippen molar-refractivity contribution in [3.63, 3.8) is 0 Å². The van der Waals surface area contributed by atoms with Crippen LogP contribution in [0.2, 0.25) is 10.0 Å². The molecule has 21 heavy (non-hydrogen) atoms. The molecule has 0 radical (unpaired) electrons. The second-order valence-corrected chi connectivity index (χ2v) is 5.33. The molecule has 108 valence electrons. The number of benzene rings is 1. The average molecular weight is 341 g/mol. The van der Waals surface area contributed by atoms with Gasteiger partial charge >= 0.3 is 0 Å². The van der Waals surface area contributed by atoms with Gasteiger partial charge in [0.1, 0.15) is 12.4 Å². The van der Waals surface area contributed by atoms with Crippen molar-refractivity contribution in [1.29, 1.82) is 0 Å². The van der Waals surface area contributed by atoms with Gasteiger partial charge in [0.25, 0.3) is 0 Å². The van der Waals surface area contributed by atoms with Crippen molar-refractivity contribution >= 4 is 34.8 Å². The molecular weight excluding hydrogens is 329 g/mol. The molecule has 0 atom stereocenters. The standard InChI is InChI=1S/C16H12Cl3NO/c17-7-2-1-4-12-8-13(10-20-9-12)21-11-14-15(18)5-3-6-16(14)19/h3,5-6,8-10H,2,7,11H2. The molecule has 0 saturated heterocycles. The van der Waals surface area contributed by atoms with Crippen molar-refractivity contribution in [3.05, 3.63) is 57.8 Å². The number of hydrogen-bond donors (Lipinski definition) is 0. The predicted molar refractivity (Wildman–Crippen MR) is 87.2 cm³/mol. The van der Waals surface area contributed by atoms with Gasteiger partial charge in [-0.25, -0.2) is 0 Å². The summed E-state index contributed by atoms with van der Waals surface area (Å²) >= 11 is 17.8. The number of hydrogen-bond acceptors (Lipinski definition) is 2. The Balaban J connectivity index is 2.07. The molecular formula is C16H12Cl3NO. The molecule has 1 aromatic heterocycles. The van der Waals surface area contributed by atoms with E-state index < -0.39 is 0 Å². The van der Waals surface area contributed by atoms with Crippen LogP contribution in [-0.4, -0.2) is 10.9 Å². The van der Waals surface area contributed by atoms with Gasteiger partial charge in [-0.15, -0.1) is 11.6 Å². The van der Waals surface area contributed by atoms with E-state index in [0.717, 1.165) is 11.1 Å². The lowest BCUT2D eigenvalue weighted by atomic mass is 10.2. The fourth-order valence-electron chi connectivity index (χ4n) is 1.60. The lowest BCUT2D eigenvalue weighted by Crippen LogP contribution is -1.98. The number of nitrogens with zero attached hydrogens (tertiary/aromatic N) is 1. The normalized spacial score (nSPS) is 9.86. The van der Waals surface area contributed by atoms with Crippen molar-refractivity contribution in [1.82, 2.24) is 4.98 Å². The number of halogens is 3. The third-order valence-electron chi connectivity index (χ3n) is 2.61. The minimum absolute atomic E-state index is 0.277. The number of ether oxygens (including phenoxy) is 1. The number of aromatic nitrogens is 1. The van der Waals surface area contributed by atoms with Gasteiger partial charge in [-0.2, -0.15) is 0 Å². The first-order chi connectivity index (χ1) is 10.2. The molecule has 0 amide bonds. The van der Waals surface area contributed by atoms with Crippen molar-refractivity contribution in [3.8, 4) is 17.6 Å². The van der Waals surface area contributed by atoms with Crippen LogP contribution in [0, 0.1) is 11.8 Å². The Morgan fingerprint density at radius 3 is 2.62 bits per heavy atom. The highest BCUT2D eigenvalue weighted by molar-refractivity contribution is 6.35. The van der Waals surface area contributed by atoms with E-state index in [2.05, 4.69) is 16.8 Å². The maximum Gasteiger partial charge on any atom is 0.139 e. The second-order valence-electron chi connectivity index (χ2n) is 4.14. The van der Waals surface area contributed by atoms with E-state index in [0.29, 0.717) is 28.1 Å². The van der Waals surface area contributed by atoms with Gasteiger partial charge in [0.05, 0.1) is 6.20 Å². The Labute approximate surface area is 139 Å². The van der Waals surface area contributed by atoms with Gasteiger partial charge in [0.2, 0.25) is 0 Å². The number of rotatable bonds is 4. The fourth-order valence-corrected chi connectivity index (χ4v) is 2.20. The largest absolute Gasteiger partial charge is 0.487 e. The maximum absolute atomic E-state index is 6.10. The highest BCUT2D eigenvalue weighted by Gasteiger charge is 2.06. The monoisotopic (exact) mass is 339 g/mol. The summed E-state index contributed by atoms with van der Waals surface area (Å²) in [6.07, 6.45) is 3.94. The van der Waals surface area contributed by atoms with E-state index in [1.807, 2.05) is 6.07 Å². The molecule has 1 aromatic carbocycles. The van der Waals surface area contributed by atoms with Gasteiger partial charge in [0.15, 0.2) is 0 Å². The molecule has 2 nitrogen and oxygen atoms in total. The highest BCUT2D eigenvalue weighted by Crippen LogP contribution is 2.25. The fraction of sp³-hybridized carbons (Fsp3) is 0.188. The predicted octanol–water partition coefficient (Wildman–Crippen LogP) is 4.95. The second kappa shape index (κ2) is 8.14. The quantitative estimate of drug-likeness (QED) is 0.580. The minimum atomic E-state index is 0.277. The van der Waals surface area contributed by atoms with Gasteiger partial charge in [-0.1, -0.05) is 41.1 Å². The Morgan fingerprint density at radius 2 is 1.90 bits per heavy atom. The van der Waals surface area contributed by atoms with Crippen molar-refractivity contribution in [2.45, 2.75) is 13.0 Å². The molecule has 0 fully saturated rings. The van der Waals surface area contributed by atoms with E-state index in [1.54, 1.807) is 30.6 Å². The lowest BCUT2D eigenvalue weighted by Gasteiger charge is -2.09. The summed E-state index contributed by atoms with van der Waals surface area (Å²) in [4.78, 5) is 4.09. The zero-order valence-corrected chi connectivity index (χ0v) is 13.3. The van der Waals surface area contributed by atoms with Crippen LogP contribution in [0.5, 0.6) is 5.75 Å². The first-order valence-corrected chi connectivity index (χ1v) is 7.55. The number of pyridine rings is 1. The summed E-state index contributed by atoms with van der Waals surface area (Å²) in [7, 11) is 0. The third kappa shape index (κ3) is 4.82. The van der Waals surface area contributed by atoms with E-state index >= 15 is 0 Å². The zero-order valence-electron chi connectivity index (χ0n) is 11.1. The molecule has 1 heterocycles. The lowest BCUT2D eigenvalue weighted by molar-refractivity contribution is 0.305. The summed E-state index contributed by atoms with van der Waals surface area (Å²) in [6.45, 7) is 0.277. The Hall–Kier alpha value is -1.40. The SMILES string of the molecule is ClCCC#Cc1cncc(OCc2c(Cl)cccc2Cl)c1. The Morgan fingerprint density at radius 1 is 1.14 bits per heavy atom. The van der Waals surface area contributed by atoms with Crippen LogP contribution in [0.1, 0.15) is 17.5 Å². The van der Waals surface area contributed by atoms with Gasteiger partial charge < -0.3 is 4.74 Å². The summed E-state index contributed by atoms with van der Waals surface area (Å²) in [5.74, 6) is 7.06. The summed E-state index contributed by atoms with van der Waals surface area (Å²) in [5, 5.41) is 1.15. The molecule has 2 aromatic rings. The van der Waals surface area contributed by atoms with Crippen molar-refractivity contribution in [2.75, 3.05) is 5.88 Å². The Kier molecular flexibility index (Phi) is 6.20. The van der Waals surface area contributed by atoms with E-state index in [-0.39, 0.29) is 6.61 Å². The smallest absolute Gasteiger partial charge is 0.139 e. The maximum atomic E-state index is 6.10. The van der Waals surface area contributed by atoms with Crippen LogP contribution >= 0.6 is 34.8 Å². The minimum Gasteiger partial charge on any atom is -0.487 e. The van der Waals surface area contributed by atoms with Crippen LogP contribution in [0.3, 0.4) is 0 Å². The molecule has 0 aliphatic carbocycles. The van der Waals surface area contributed by atoms with E-state index in [4.69, 9.17) is 39.5 Å². The Bertz CT molecular complexity index is 656. The zero-order chi connectivity index (χ0) is 15.1. The first kappa shape index (κ1) is 16.0. The summed E-state index contributed by atoms with van der Waals surface area (Å²) < 4.78 is 5.68. The highest BCUT2D eigenvalue weighted by atomic mass is 35.5. The van der Waals surface area contributed by atoms with Gasteiger partial charge in [-0.3, -0.25) is 4.98 Å². The average Bonchev–Trinajstić information content (AvgIpc) is 2.47. The van der Waals surface area contributed by atoms with Gasteiger partial charge in [-0.05, 0) is 18.2 Å². The van der Waals surface area contributed by atoms with Gasteiger partial charge in [0, 0.05) is 39.7 Å².